The Kier molecular flexibility index (Phi) is 7.60. The Hall–Kier alpha value is -0.340. The smallest absolute Gasteiger partial charge is 0.130 e. The van der Waals surface area contributed by atoms with Gasteiger partial charge in [0.15, 0.2) is 0 Å². The van der Waals surface area contributed by atoms with Crippen molar-refractivity contribution < 1.29 is 9.22 Å². The van der Waals surface area contributed by atoms with E-state index in [9.17, 15) is 0 Å². The number of hydrogen-bond donors (Lipinski definition) is 0. The van der Waals surface area contributed by atoms with Crippen LogP contribution in [-0.4, -0.2) is 43.4 Å². The van der Waals surface area contributed by atoms with Gasteiger partial charge in [-0.15, -0.1) is 0 Å². The van der Waals surface area contributed by atoms with E-state index in [0.717, 1.165) is 6.61 Å². The number of likely N-dealkylation sites (N-methyl/N-ethyl adjacent to an activating group) is 1. The largest absolute Gasteiger partial charge is 0.367 e. The highest BCUT2D eigenvalue weighted by atomic mass is 16.6. The van der Waals surface area contributed by atoms with Gasteiger partial charge in [0.2, 0.25) is 0 Å². The summed E-state index contributed by atoms with van der Waals surface area (Å²) in [6, 6.07) is 0. The molecule has 0 N–H and O–H groups in total. The third kappa shape index (κ3) is 6.01. The minimum absolute atomic E-state index is 0.569. The normalized spacial score (nSPS) is 19.6. The van der Waals surface area contributed by atoms with Gasteiger partial charge in [-0.2, -0.15) is 0 Å². The van der Waals surface area contributed by atoms with Gasteiger partial charge in [-0.3, -0.25) is 0 Å². The lowest BCUT2D eigenvalue weighted by Gasteiger charge is -2.36. The molecule has 1 unspecified atom stereocenters. The second-order valence-electron chi connectivity index (χ2n) is 5.61. The highest BCUT2D eigenvalue weighted by molar-refractivity contribution is 4.76. The zero-order valence-electron chi connectivity index (χ0n) is 12.7. The zero-order chi connectivity index (χ0) is 13.3. The van der Waals surface area contributed by atoms with Crippen molar-refractivity contribution in [1.29, 1.82) is 0 Å². The molecule has 0 amide bonds. The molecule has 0 aromatic heterocycles. The molecule has 0 aliphatic carbocycles. The van der Waals surface area contributed by atoms with Crippen LogP contribution in [0.1, 0.15) is 52.9 Å². The van der Waals surface area contributed by atoms with Crippen molar-refractivity contribution in [3.63, 3.8) is 0 Å². The summed E-state index contributed by atoms with van der Waals surface area (Å²) < 4.78 is 6.68. The number of ether oxygens (including phenoxy) is 1. The summed E-state index contributed by atoms with van der Waals surface area (Å²) in [7, 11) is 0. The molecular weight excluding hydrogens is 222 g/mol. The highest BCUT2D eigenvalue weighted by Gasteiger charge is 2.34. The summed E-state index contributed by atoms with van der Waals surface area (Å²) in [6.07, 6.45) is 11.8. The molecule has 1 fully saturated rings. The van der Waals surface area contributed by atoms with Crippen LogP contribution in [0.15, 0.2) is 12.2 Å². The van der Waals surface area contributed by atoms with Crippen molar-refractivity contribution in [3.05, 3.63) is 12.2 Å². The third-order valence-electron chi connectivity index (χ3n) is 4.32. The lowest BCUT2D eigenvalue weighted by atomic mass is 10.1. The Balaban J connectivity index is 2.12. The molecule has 2 heteroatoms. The number of rotatable bonds is 11. The molecule has 1 atom stereocenters. The number of epoxide rings is 1. The van der Waals surface area contributed by atoms with Crippen LogP contribution in [0.4, 0.5) is 0 Å². The molecule has 1 heterocycles. The Labute approximate surface area is 114 Å². The molecule has 0 spiro atoms. The maximum atomic E-state index is 5.42. The summed E-state index contributed by atoms with van der Waals surface area (Å²) >= 11 is 0. The fourth-order valence-corrected chi connectivity index (χ4v) is 2.72. The average molecular weight is 254 g/mol. The fraction of sp³-hybridized carbons (Fsp3) is 0.875. The molecule has 0 radical (unpaired) electrons. The van der Waals surface area contributed by atoms with Gasteiger partial charge in [0.1, 0.15) is 12.6 Å². The fourth-order valence-electron chi connectivity index (χ4n) is 2.72. The van der Waals surface area contributed by atoms with E-state index in [-0.39, 0.29) is 0 Å². The van der Waals surface area contributed by atoms with Gasteiger partial charge in [-0.1, -0.05) is 18.6 Å². The highest BCUT2D eigenvalue weighted by Crippen LogP contribution is 2.19. The molecule has 0 aromatic carbocycles. The predicted molar refractivity (Wildman–Crippen MR) is 78.7 cm³/mol. The first-order valence-electron chi connectivity index (χ1n) is 7.84. The summed E-state index contributed by atoms with van der Waals surface area (Å²) in [5.74, 6) is 0. The van der Waals surface area contributed by atoms with Crippen LogP contribution in [0.3, 0.4) is 0 Å². The second-order valence-corrected chi connectivity index (χ2v) is 5.61. The van der Waals surface area contributed by atoms with Crippen LogP contribution in [0.5, 0.6) is 0 Å². The summed E-state index contributed by atoms with van der Waals surface area (Å²) in [5.41, 5.74) is 0. The quantitative estimate of drug-likeness (QED) is 0.237. The van der Waals surface area contributed by atoms with Crippen molar-refractivity contribution in [3.8, 4) is 0 Å². The van der Waals surface area contributed by atoms with Gasteiger partial charge in [0.25, 0.3) is 0 Å². The second kappa shape index (κ2) is 8.71. The molecule has 18 heavy (non-hydrogen) atoms. The van der Waals surface area contributed by atoms with Crippen LogP contribution >= 0.6 is 0 Å². The third-order valence-corrected chi connectivity index (χ3v) is 4.32. The van der Waals surface area contributed by atoms with E-state index in [1.165, 1.54) is 62.8 Å². The number of unbranched alkanes of at least 4 members (excludes halogenated alkanes) is 4. The van der Waals surface area contributed by atoms with E-state index >= 15 is 0 Å². The van der Waals surface area contributed by atoms with E-state index in [2.05, 4.69) is 32.9 Å². The SMILES string of the molecule is C/C=C/CCCCCC[N+](CC)(CC)CC1CO1. The number of allylic oxidation sites excluding steroid dienone is 2. The van der Waals surface area contributed by atoms with Gasteiger partial charge in [0, 0.05) is 0 Å². The van der Waals surface area contributed by atoms with Crippen LogP contribution in [0, 0.1) is 0 Å². The van der Waals surface area contributed by atoms with E-state index in [0.29, 0.717) is 6.10 Å². The summed E-state index contributed by atoms with van der Waals surface area (Å²) in [5, 5.41) is 0. The minimum atomic E-state index is 0.569. The molecule has 1 rings (SSSR count). The molecule has 106 valence electrons. The van der Waals surface area contributed by atoms with Gasteiger partial charge >= 0.3 is 0 Å². The first-order chi connectivity index (χ1) is 8.76. The van der Waals surface area contributed by atoms with Crippen molar-refractivity contribution in [1.82, 2.24) is 0 Å². The standard InChI is InChI=1S/C16H32NO/c1-4-7-8-9-10-11-12-13-17(5-2,6-3)14-16-15-18-16/h4,7,16H,5-6,8-15H2,1-3H3/q+1/b7-4+. The molecule has 1 aliphatic heterocycles. The molecule has 1 aliphatic rings. The molecule has 2 nitrogen and oxygen atoms in total. The molecule has 0 aromatic rings. The maximum absolute atomic E-state index is 5.42. The van der Waals surface area contributed by atoms with Crippen molar-refractivity contribution in [2.75, 3.05) is 32.8 Å². The van der Waals surface area contributed by atoms with Crippen molar-refractivity contribution >= 4 is 0 Å². The topological polar surface area (TPSA) is 12.5 Å². The Morgan fingerprint density at radius 1 is 1.11 bits per heavy atom. The average Bonchev–Trinajstić information content (AvgIpc) is 3.20. The maximum Gasteiger partial charge on any atom is 0.130 e. The summed E-state index contributed by atoms with van der Waals surface area (Å²) in [6.45, 7) is 12.9. The lowest BCUT2D eigenvalue weighted by Crippen LogP contribution is -2.50. The van der Waals surface area contributed by atoms with Crippen molar-refractivity contribution in [2.45, 2.75) is 59.0 Å². The Morgan fingerprint density at radius 3 is 2.33 bits per heavy atom. The van der Waals surface area contributed by atoms with Crippen LogP contribution < -0.4 is 0 Å². The van der Waals surface area contributed by atoms with Crippen molar-refractivity contribution in [2.24, 2.45) is 0 Å². The van der Waals surface area contributed by atoms with Crippen LogP contribution in [0.25, 0.3) is 0 Å². The summed E-state index contributed by atoms with van der Waals surface area (Å²) in [4.78, 5) is 0. The van der Waals surface area contributed by atoms with Gasteiger partial charge in [-0.25, -0.2) is 0 Å². The lowest BCUT2D eigenvalue weighted by molar-refractivity contribution is -0.925. The first-order valence-corrected chi connectivity index (χ1v) is 7.84. The van der Waals surface area contributed by atoms with E-state index in [4.69, 9.17) is 4.74 Å². The predicted octanol–water partition coefficient (Wildman–Crippen LogP) is 3.77. The zero-order valence-corrected chi connectivity index (χ0v) is 12.7. The molecular formula is C16H32NO+. The Morgan fingerprint density at radius 2 is 1.78 bits per heavy atom. The van der Waals surface area contributed by atoms with E-state index in [1.807, 2.05) is 0 Å². The van der Waals surface area contributed by atoms with Gasteiger partial charge in [-0.05, 0) is 46.5 Å². The first kappa shape index (κ1) is 15.7. The van der Waals surface area contributed by atoms with Crippen LogP contribution in [-0.2, 0) is 4.74 Å². The minimum Gasteiger partial charge on any atom is -0.367 e. The monoisotopic (exact) mass is 254 g/mol. The molecule has 1 saturated heterocycles. The molecule has 0 bridgehead atoms. The number of quaternary nitrogens is 1. The van der Waals surface area contributed by atoms with Crippen LogP contribution in [0.2, 0.25) is 0 Å². The van der Waals surface area contributed by atoms with E-state index < -0.39 is 0 Å². The van der Waals surface area contributed by atoms with E-state index in [1.54, 1.807) is 0 Å². The Bertz CT molecular complexity index is 229. The number of hydrogen-bond acceptors (Lipinski definition) is 1. The van der Waals surface area contributed by atoms with Gasteiger partial charge < -0.3 is 9.22 Å². The number of nitrogens with zero attached hydrogens (tertiary/aromatic N) is 1. The van der Waals surface area contributed by atoms with Gasteiger partial charge in [0.05, 0.1) is 26.2 Å². The molecule has 0 saturated carbocycles.